The molecule has 1 heterocycles. The fourth-order valence-electron chi connectivity index (χ4n) is 1.60. The third kappa shape index (κ3) is 4.63. The van der Waals surface area contributed by atoms with Crippen molar-refractivity contribution >= 4 is 0 Å². The van der Waals surface area contributed by atoms with E-state index in [0.29, 0.717) is 12.0 Å². The Kier molecular flexibility index (Phi) is 5.40. The molecule has 1 fully saturated rings. The molecule has 13 heavy (non-hydrogen) atoms. The van der Waals surface area contributed by atoms with Gasteiger partial charge in [0.15, 0.2) is 0 Å². The van der Waals surface area contributed by atoms with E-state index >= 15 is 0 Å². The number of hydrogen-bond acceptors (Lipinski definition) is 2. The van der Waals surface area contributed by atoms with E-state index in [1.54, 1.807) is 0 Å². The Morgan fingerprint density at radius 3 is 2.92 bits per heavy atom. The molecule has 78 valence electrons. The van der Waals surface area contributed by atoms with Gasteiger partial charge in [-0.25, -0.2) is 0 Å². The summed E-state index contributed by atoms with van der Waals surface area (Å²) in [7, 11) is 0. The minimum atomic E-state index is 0.623. The predicted octanol–water partition coefficient (Wildman–Crippen LogP) is 2.19. The highest BCUT2D eigenvalue weighted by molar-refractivity contribution is 4.71. The van der Waals surface area contributed by atoms with Crippen LogP contribution in [0, 0.1) is 5.92 Å². The maximum atomic E-state index is 5.66. The van der Waals surface area contributed by atoms with Gasteiger partial charge in [0.25, 0.3) is 0 Å². The SMILES string of the molecule is CCC(C)COCC1CCCCN1. The van der Waals surface area contributed by atoms with Crippen LogP contribution in [-0.4, -0.2) is 25.8 Å². The summed E-state index contributed by atoms with van der Waals surface area (Å²) in [5, 5.41) is 3.49. The van der Waals surface area contributed by atoms with Crippen LogP contribution in [0.25, 0.3) is 0 Å². The molecule has 0 bridgehead atoms. The Morgan fingerprint density at radius 1 is 1.46 bits per heavy atom. The van der Waals surface area contributed by atoms with Gasteiger partial charge in [0.2, 0.25) is 0 Å². The lowest BCUT2D eigenvalue weighted by Crippen LogP contribution is -2.37. The molecule has 2 nitrogen and oxygen atoms in total. The van der Waals surface area contributed by atoms with E-state index in [-0.39, 0.29) is 0 Å². The molecule has 0 aromatic carbocycles. The summed E-state index contributed by atoms with van der Waals surface area (Å²) in [4.78, 5) is 0. The van der Waals surface area contributed by atoms with Crippen molar-refractivity contribution in [2.45, 2.75) is 45.6 Å². The summed E-state index contributed by atoms with van der Waals surface area (Å²) in [6, 6.07) is 0.623. The van der Waals surface area contributed by atoms with Gasteiger partial charge in [-0.05, 0) is 25.3 Å². The molecule has 0 spiro atoms. The number of rotatable bonds is 5. The highest BCUT2D eigenvalue weighted by Crippen LogP contribution is 2.08. The van der Waals surface area contributed by atoms with Crippen LogP contribution in [0.3, 0.4) is 0 Å². The highest BCUT2D eigenvalue weighted by Gasteiger charge is 2.12. The first-order chi connectivity index (χ1) is 6.33. The van der Waals surface area contributed by atoms with E-state index in [2.05, 4.69) is 19.2 Å². The van der Waals surface area contributed by atoms with Crippen LogP contribution in [0.4, 0.5) is 0 Å². The normalized spacial score (nSPS) is 25.8. The molecule has 0 saturated carbocycles. The Morgan fingerprint density at radius 2 is 2.31 bits per heavy atom. The Bertz CT molecular complexity index is 121. The number of piperidine rings is 1. The Labute approximate surface area is 82.0 Å². The van der Waals surface area contributed by atoms with E-state index in [9.17, 15) is 0 Å². The highest BCUT2D eigenvalue weighted by atomic mass is 16.5. The smallest absolute Gasteiger partial charge is 0.0619 e. The molecule has 0 aliphatic carbocycles. The molecule has 0 radical (unpaired) electrons. The molecule has 1 rings (SSSR count). The lowest BCUT2D eigenvalue weighted by molar-refractivity contribution is 0.0786. The predicted molar refractivity (Wildman–Crippen MR) is 55.9 cm³/mol. The van der Waals surface area contributed by atoms with Crippen molar-refractivity contribution < 1.29 is 4.74 Å². The van der Waals surface area contributed by atoms with Crippen LogP contribution in [0.15, 0.2) is 0 Å². The van der Waals surface area contributed by atoms with Gasteiger partial charge in [0.1, 0.15) is 0 Å². The number of nitrogens with one attached hydrogen (secondary N) is 1. The Hall–Kier alpha value is -0.0800. The summed E-state index contributed by atoms with van der Waals surface area (Å²) < 4.78 is 5.66. The molecule has 1 aliphatic rings. The fraction of sp³-hybridized carbons (Fsp3) is 1.00. The molecule has 0 aromatic rings. The van der Waals surface area contributed by atoms with Gasteiger partial charge >= 0.3 is 0 Å². The van der Waals surface area contributed by atoms with Crippen molar-refractivity contribution in [2.75, 3.05) is 19.8 Å². The topological polar surface area (TPSA) is 21.3 Å². The van der Waals surface area contributed by atoms with Gasteiger partial charge in [-0.3, -0.25) is 0 Å². The molecule has 1 saturated heterocycles. The second kappa shape index (κ2) is 6.39. The van der Waals surface area contributed by atoms with Crippen LogP contribution in [0.5, 0.6) is 0 Å². The van der Waals surface area contributed by atoms with Gasteiger partial charge in [-0.1, -0.05) is 26.7 Å². The van der Waals surface area contributed by atoms with Crippen LogP contribution >= 0.6 is 0 Å². The molecular formula is C11H23NO. The standard InChI is InChI=1S/C11H23NO/c1-3-10(2)8-13-9-11-6-4-5-7-12-11/h10-12H,3-9H2,1-2H3. The largest absolute Gasteiger partial charge is 0.380 e. The Balaban J connectivity index is 1.98. The zero-order valence-corrected chi connectivity index (χ0v) is 9.01. The minimum absolute atomic E-state index is 0.623. The first-order valence-corrected chi connectivity index (χ1v) is 5.64. The van der Waals surface area contributed by atoms with Gasteiger partial charge < -0.3 is 10.1 Å². The molecule has 0 amide bonds. The van der Waals surface area contributed by atoms with E-state index in [4.69, 9.17) is 4.74 Å². The summed E-state index contributed by atoms with van der Waals surface area (Å²) in [6.45, 7) is 7.47. The average Bonchev–Trinajstić information content (AvgIpc) is 2.19. The van der Waals surface area contributed by atoms with Gasteiger partial charge in [0.05, 0.1) is 6.61 Å². The molecule has 2 heteroatoms. The van der Waals surface area contributed by atoms with Crippen molar-refractivity contribution in [3.05, 3.63) is 0 Å². The third-order valence-corrected chi connectivity index (χ3v) is 2.83. The minimum Gasteiger partial charge on any atom is -0.380 e. The average molecular weight is 185 g/mol. The third-order valence-electron chi connectivity index (χ3n) is 2.83. The van der Waals surface area contributed by atoms with Gasteiger partial charge in [-0.15, -0.1) is 0 Å². The van der Waals surface area contributed by atoms with Gasteiger partial charge in [-0.2, -0.15) is 0 Å². The molecule has 2 unspecified atom stereocenters. The van der Waals surface area contributed by atoms with Crippen molar-refractivity contribution in [2.24, 2.45) is 5.92 Å². The van der Waals surface area contributed by atoms with Crippen LogP contribution in [0.1, 0.15) is 39.5 Å². The molecule has 0 aromatic heterocycles. The fourth-order valence-corrected chi connectivity index (χ4v) is 1.60. The van der Waals surface area contributed by atoms with Gasteiger partial charge in [0, 0.05) is 12.6 Å². The van der Waals surface area contributed by atoms with Crippen LogP contribution in [-0.2, 0) is 4.74 Å². The summed E-state index contributed by atoms with van der Waals surface area (Å²) >= 11 is 0. The first kappa shape index (κ1) is 11.0. The van der Waals surface area contributed by atoms with Crippen molar-refractivity contribution in [1.29, 1.82) is 0 Å². The maximum Gasteiger partial charge on any atom is 0.0619 e. The molecular weight excluding hydrogens is 162 g/mol. The lowest BCUT2D eigenvalue weighted by Gasteiger charge is -2.23. The van der Waals surface area contributed by atoms with Crippen molar-refractivity contribution in [1.82, 2.24) is 5.32 Å². The zero-order valence-electron chi connectivity index (χ0n) is 9.01. The summed E-state index contributed by atoms with van der Waals surface area (Å²) in [5.41, 5.74) is 0. The van der Waals surface area contributed by atoms with Crippen molar-refractivity contribution in [3.8, 4) is 0 Å². The van der Waals surface area contributed by atoms with Crippen LogP contribution in [0.2, 0.25) is 0 Å². The summed E-state index contributed by atoms with van der Waals surface area (Å²) in [5.74, 6) is 0.712. The zero-order chi connectivity index (χ0) is 9.52. The number of hydrogen-bond donors (Lipinski definition) is 1. The lowest BCUT2D eigenvalue weighted by atomic mass is 10.1. The second-order valence-corrected chi connectivity index (χ2v) is 4.20. The molecule has 2 atom stereocenters. The summed E-state index contributed by atoms with van der Waals surface area (Å²) in [6.07, 6.45) is 5.21. The molecule has 1 N–H and O–H groups in total. The van der Waals surface area contributed by atoms with E-state index in [1.807, 2.05) is 0 Å². The quantitative estimate of drug-likeness (QED) is 0.709. The first-order valence-electron chi connectivity index (χ1n) is 5.64. The molecule has 1 aliphatic heterocycles. The van der Waals surface area contributed by atoms with Crippen molar-refractivity contribution in [3.63, 3.8) is 0 Å². The second-order valence-electron chi connectivity index (χ2n) is 4.20. The van der Waals surface area contributed by atoms with E-state index < -0.39 is 0 Å². The van der Waals surface area contributed by atoms with Crippen LogP contribution < -0.4 is 5.32 Å². The van der Waals surface area contributed by atoms with E-state index in [0.717, 1.165) is 13.2 Å². The number of ether oxygens (including phenoxy) is 1. The maximum absolute atomic E-state index is 5.66. The monoisotopic (exact) mass is 185 g/mol. The van der Waals surface area contributed by atoms with E-state index in [1.165, 1.54) is 32.2 Å².